The van der Waals surface area contributed by atoms with Crippen LogP contribution in [0.2, 0.25) is 0 Å². The van der Waals surface area contributed by atoms with Gasteiger partial charge >= 0.3 is 0 Å². The molecule has 0 unspecified atom stereocenters. The van der Waals surface area contributed by atoms with Gasteiger partial charge in [0.25, 0.3) is 6.33 Å². The lowest BCUT2D eigenvalue weighted by molar-refractivity contribution is -0.571. The number of nitrogens with zero attached hydrogens (tertiary/aromatic N) is 4. The number of pyridine rings is 1. The van der Waals surface area contributed by atoms with Crippen LogP contribution in [0.3, 0.4) is 0 Å². The van der Waals surface area contributed by atoms with Crippen LogP contribution in [-0.4, -0.2) is 14.1 Å². The summed E-state index contributed by atoms with van der Waals surface area (Å²) in [7, 11) is 0. The molecule has 0 fully saturated rings. The molecule has 0 saturated carbocycles. The fourth-order valence-electron chi connectivity index (χ4n) is 13.2. The third-order valence-corrected chi connectivity index (χ3v) is 16.7. The van der Waals surface area contributed by atoms with Gasteiger partial charge in [0.15, 0.2) is 0 Å². The Morgan fingerprint density at radius 1 is 0.442 bits per heavy atom. The second-order valence-corrected chi connectivity index (χ2v) is 22.0. The van der Waals surface area contributed by atoms with Crippen LogP contribution < -0.4 is 9.30 Å². The number of hydrogen-bond acceptors (Lipinski definition) is 2. The second kappa shape index (κ2) is 16.5. The minimum atomic E-state index is -0.0265. The van der Waals surface area contributed by atoms with Crippen molar-refractivity contribution in [3.8, 4) is 73.2 Å². The number of hydrogen-bond donors (Lipinski definition) is 0. The Morgan fingerprint density at radius 3 is 1.75 bits per heavy atom. The lowest BCUT2D eigenvalue weighted by Crippen LogP contribution is -2.31. The molecule has 5 heteroatoms. The first-order valence-electron chi connectivity index (χ1n) is 26.8. The zero-order valence-corrected chi connectivity index (χ0v) is 42.9. The van der Waals surface area contributed by atoms with E-state index in [0.29, 0.717) is 0 Å². The average molecular weight is 987 g/mol. The first-order valence-corrected chi connectivity index (χ1v) is 26.8. The summed E-state index contributed by atoms with van der Waals surface area (Å²) in [5.41, 5.74) is 25.4. The van der Waals surface area contributed by atoms with Crippen LogP contribution in [0.25, 0.3) is 94.5 Å². The fourth-order valence-corrected chi connectivity index (χ4v) is 13.2. The van der Waals surface area contributed by atoms with Gasteiger partial charge in [-0.3, -0.25) is 13.7 Å². The van der Waals surface area contributed by atoms with Crippen molar-refractivity contribution in [2.75, 3.05) is 0 Å². The van der Waals surface area contributed by atoms with Crippen LogP contribution in [0.1, 0.15) is 71.6 Å². The summed E-state index contributed by atoms with van der Waals surface area (Å²) >= 11 is 0. The fraction of sp³-hybridized carbons (Fsp3) is 0.0833. The van der Waals surface area contributed by atoms with Gasteiger partial charge in [0.1, 0.15) is 17.3 Å². The van der Waals surface area contributed by atoms with Crippen LogP contribution in [0.4, 0.5) is 0 Å². The maximum atomic E-state index is 6.89. The highest BCUT2D eigenvalue weighted by molar-refractivity contribution is 6.09. The number of ether oxygens (including phenoxy) is 1. The molecule has 0 atom stereocenters. The second-order valence-electron chi connectivity index (χ2n) is 22.0. The van der Waals surface area contributed by atoms with Gasteiger partial charge in [0.05, 0.1) is 33.4 Å². The van der Waals surface area contributed by atoms with E-state index in [1.807, 2.05) is 12.3 Å². The molecule has 2 bridgehead atoms. The van der Waals surface area contributed by atoms with E-state index in [1.165, 1.54) is 72.1 Å². The number of fused-ring (bicyclic) bond motifs is 10. The van der Waals surface area contributed by atoms with E-state index in [2.05, 4.69) is 265 Å². The van der Waals surface area contributed by atoms with E-state index in [9.17, 15) is 0 Å². The average Bonchev–Trinajstić information content (AvgIpc) is 4.07. The molecule has 364 valence electrons. The zero-order chi connectivity index (χ0) is 51.1. The summed E-state index contributed by atoms with van der Waals surface area (Å²) in [6.07, 6.45) is 5.90. The predicted octanol–water partition coefficient (Wildman–Crippen LogP) is 17.3. The maximum absolute atomic E-state index is 6.89. The first-order chi connectivity index (χ1) is 37.8. The predicted molar refractivity (Wildman–Crippen MR) is 311 cm³/mol. The Bertz CT molecular complexity index is 4570. The molecule has 0 N–H and O–H groups in total. The first kappa shape index (κ1) is 43.8. The summed E-state index contributed by atoms with van der Waals surface area (Å²) in [5.74, 6) is 2.77. The van der Waals surface area contributed by atoms with E-state index >= 15 is 0 Å². The highest BCUT2D eigenvalue weighted by Crippen LogP contribution is 2.56. The Labute approximate surface area is 447 Å². The highest BCUT2D eigenvalue weighted by Gasteiger charge is 2.41. The van der Waals surface area contributed by atoms with Crippen molar-refractivity contribution in [3.63, 3.8) is 0 Å². The third kappa shape index (κ3) is 6.60. The number of benzene rings is 10. The van der Waals surface area contributed by atoms with Crippen LogP contribution in [0, 0.1) is 6.33 Å². The van der Waals surface area contributed by atoms with Crippen LogP contribution in [-0.2, 0) is 5.41 Å². The summed E-state index contributed by atoms with van der Waals surface area (Å²) in [6, 6.07) is 84.5. The molecule has 0 amide bonds. The van der Waals surface area contributed by atoms with Gasteiger partial charge in [0, 0.05) is 34.9 Å². The van der Waals surface area contributed by atoms with Crippen molar-refractivity contribution in [1.82, 2.24) is 14.1 Å². The molecule has 1 aliphatic heterocycles. The van der Waals surface area contributed by atoms with Gasteiger partial charge in [-0.25, -0.2) is 4.98 Å². The molecule has 3 aromatic heterocycles. The molecule has 77 heavy (non-hydrogen) atoms. The van der Waals surface area contributed by atoms with E-state index in [1.54, 1.807) is 0 Å². The molecular formula is C72H50N4O. The number of imidazole rings is 1. The van der Waals surface area contributed by atoms with Gasteiger partial charge in [-0.15, -0.1) is 0 Å². The lowest BCUT2D eigenvalue weighted by atomic mass is 9.61. The normalized spacial score (nSPS) is 14.7. The highest BCUT2D eigenvalue weighted by atomic mass is 16.5. The van der Waals surface area contributed by atoms with Crippen molar-refractivity contribution in [3.05, 3.63) is 282 Å². The molecule has 10 aromatic carbocycles. The molecule has 0 radical (unpaired) electrons. The number of para-hydroxylation sites is 2. The smallest absolute Gasteiger partial charge is 0.269 e. The quantitative estimate of drug-likeness (QED) is 0.127. The zero-order valence-electron chi connectivity index (χ0n) is 42.9. The number of aromatic nitrogens is 4. The lowest BCUT2D eigenvalue weighted by Gasteiger charge is -2.42. The Kier molecular flexibility index (Phi) is 9.36. The molecular weight excluding hydrogens is 937 g/mol. The van der Waals surface area contributed by atoms with Crippen molar-refractivity contribution in [2.24, 2.45) is 0 Å². The molecule has 4 heterocycles. The van der Waals surface area contributed by atoms with Crippen molar-refractivity contribution in [2.45, 2.75) is 38.0 Å². The molecule has 3 aliphatic carbocycles. The molecule has 4 aliphatic rings. The molecule has 0 spiro atoms. The van der Waals surface area contributed by atoms with Crippen LogP contribution in [0.15, 0.2) is 237 Å². The Balaban J connectivity index is 0.850. The molecule has 5 nitrogen and oxygen atoms in total. The summed E-state index contributed by atoms with van der Waals surface area (Å²) in [5, 5.41) is 2.32. The van der Waals surface area contributed by atoms with E-state index in [-0.39, 0.29) is 17.3 Å². The van der Waals surface area contributed by atoms with Crippen molar-refractivity contribution < 1.29 is 9.30 Å². The van der Waals surface area contributed by atoms with E-state index < -0.39 is 0 Å². The van der Waals surface area contributed by atoms with Gasteiger partial charge in [-0.05, 0) is 150 Å². The minimum Gasteiger partial charge on any atom is -0.458 e. The summed E-state index contributed by atoms with van der Waals surface area (Å²) in [6.45, 7) is 6.73. The van der Waals surface area contributed by atoms with Crippen molar-refractivity contribution in [1.29, 1.82) is 0 Å². The Hall–Kier alpha value is -9.58. The SMILES string of the molecule is CC(C)(C)c1ccnc(-n2c3ccccc3c3ccc(Oc4cccc(-n5[c-][n+]6c7c(cccc75)-c5ccccc5-c5ccccc5-c5ccc(-c7ccc8c(c7)C7c9ccccc9C8c8ccccc87)cc5-6)c4)cc32)c1. The van der Waals surface area contributed by atoms with Crippen LogP contribution in [0.5, 0.6) is 11.5 Å². The van der Waals surface area contributed by atoms with Gasteiger partial charge in [0.2, 0.25) is 0 Å². The topological polar surface area (TPSA) is 35.9 Å². The minimum absolute atomic E-state index is 0.0265. The van der Waals surface area contributed by atoms with E-state index in [4.69, 9.17) is 9.72 Å². The maximum Gasteiger partial charge on any atom is 0.269 e. The van der Waals surface area contributed by atoms with Crippen molar-refractivity contribution >= 4 is 32.8 Å². The monoisotopic (exact) mass is 986 g/mol. The summed E-state index contributed by atoms with van der Waals surface area (Å²) < 4.78 is 13.7. The largest absolute Gasteiger partial charge is 0.458 e. The van der Waals surface area contributed by atoms with Gasteiger partial charge < -0.3 is 4.74 Å². The van der Waals surface area contributed by atoms with Crippen LogP contribution >= 0.6 is 0 Å². The molecule has 13 aromatic rings. The molecule has 0 saturated heterocycles. The number of rotatable bonds is 5. The van der Waals surface area contributed by atoms with Gasteiger partial charge in [-0.2, -0.15) is 0 Å². The Morgan fingerprint density at radius 2 is 1.01 bits per heavy atom. The summed E-state index contributed by atoms with van der Waals surface area (Å²) in [4.78, 5) is 4.92. The standard InChI is InChI=1S/C72H50N4O/c1-72(2,3)46-36-37-73-68(40-46)76-64-28-13-12-22-54(64)56-35-32-49(42-67(56)76)77-48-17-14-16-47(41-48)74-43-75-66-39-45(44-31-34-61-63(38-44)70-59-25-10-8-23-57(59)69(61)58-24-9-11-26-60(58)70)30-33-55(66)52-20-6-4-18-50(52)51-19-5-7-21-53(51)62-27-15-29-65(74)71(62)75/h4-42,69-70H,1-3H3. The van der Waals surface area contributed by atoms with Gasteiger partial charge in [-0.1, -0.05) is 185 Å². The molecule has 17 rings (SSSR count). The third-order valence-electron chi connectivity index (χ3n) is 16.7. The van der Waals surface area contributed by atoms with E-state index in [0.717, 1.165) is 72.8 Å².